The second-order valence-electron chi connectivity index (χ2n) is 25.5. The zero-order chi connectivity index (χ0) is 82.2. The standard InChI is InChI=1S/C26H21F3O5S.C22H13F3O5S.C20H17F3O7S2.C7H6BF3O3/c1-25(2,3)34-24(31)23-18(15-8-10-17(11-9-15)33-26(27,28)29)14-35-22(23)13-19(30)21-12-16-6-4-5-7-20(16)32-21;23-22(24,25)30-14-7-5-12(6-8-14)15-11-31-19(20(15)21(27)28)10-16(26)18-9-13-3-1-2-4-17(13)29-18;1-19(2,3)29-18(25)17-15(30-32(26,27)20(21,22)23)10-31-16(17)9-12(24)14-8-11-6-4-5-7-13(11)28-14;9-7(10,11)14-6-3-1-5(2-4-6)8(12)13/h4-12,14H,13H2,1-3H3;1-9,11H,10H2,(H,27,28);4-8,10H,9H2,1-3H3;1-4,12-13H. The summed E-state index contributed by atoms with van der Waals surface area (Å²) in [5.41, 5.74) is -4.66. The summed E-state index contributed by atoms with van der Waals surface area (Å²) in [6.07, 6.45) is -15.1. The van der Waals surface area contributed by atoms with Gasteiger partial charge in [-0.25, -0.2) is 14.4 Å². The van der Waals surface area contributed by atoms with Crippen molar-refractivity contribution in [2.75, 3.05) is 0 Å². The number of Topliss-reactive ketones (excluding diaryl/α,β-unsaturated/α-hetero) is 3. The van der Waals surface area contributed by atoms with Crippen molar-refractivity contribution in [1.29, 1.82) is 0 Å². The Morgan fingerprint density at radius 3 is 1.06 bits per heavy atom. The second-order valence-corrected chi connectivity index (χ2v) is 29.9. The highest BCUT2D eigenvalue weighted by Gasteiger charge is 2.49. The van der Waals surface area contributed by atoms with E-state index in [9.17, 15) is 95.0 Å². The van der Waals surface area contributed by atoms with Crippen LogP contribution >= 0.6 is 34.0 Å². The third-order valence-corrected chi connectivity index (χ3v) is 18.6. The molecule has 12 rings (SSSR count). The van der Waals surface area contributed by atoms with Crippen molar-refractivity contribution in [1.82, 2.24) is 0 Å². The number of esters is 2. The van der Waals surface area contributed by atoms with Crippen molar-refractivity contribution < 1.29 is 146 Å². The van der Waals surface area contributed by atoms with E-state index in [4.69, 9.17) is 32.8 Å². The second kappa shape index (κ2) is 34.2. The van der Waals surface area contributed by atoms with E-state index in [2.05, 4.69) is 18.4 Å². The molecule has 0 spiro atoms. The van der Waals surface area contributed by atoms with Crippen LogP contribution in [0.2, 0.25) is 0 Å². The summed E-state index contributed by atoms with van der Waals surface area (Å²) in [5, 5.41) is 33.3. The van der Waals surface area contributed by atoms with Gasteiger partial charge >= 0.3 is 59.7 Å². The number of hydrogen-bond donors (Lipinski definition) is 3. The molecule has 20 nitrogen and oxygen atoms in total. The molecule has 3 N–H and O–H groups in total. The maximum absolute atomic E-state index is 13.1. The maximum Gasteiger partial charge on any atom is 0.573 e. The Morgan fingerprint density at radius 2 is 0.741 bits per heavy atom. The van der Waals surface area contributed by atoms with Gasteiger partial charge in [0.2, 0.25) is 17.3 Å². The number of carbonyl (C=O) groups excluding carboxylic acids is 5. The molecular weight excluding hydrogens is 1590 g/mol. The molecule has 37 heteroatoms. The van der Waals surface area contributed by atoms with Crippen LogP contribution in [0.3, 0.4) is 0 Å². The van der Waals surface area contributed by atoms with Gasteiger partial charge in [-0.3, -0.25) is 14.4 Å². The molecule has 12 aromatic rings. The number of aromatic carboxylic acids is 1. The normalized spacial score (nSPS) is 12.0. The number of carboxylic acid groups (broad SMARTS) is 1. The molecule has 0 fully saturated rings. The SMILES string of the molecule is CC(C)(C)OC(=O)c1c(-c2ccc(OC(F)(F)F)cc2)csc1CC(=O)c1cc2ccccc2o1.CC(C)(C)OC(=O)c1c(OS(=O)(=O)C(F)(F)F)csc1CC(=O)c1cc2ccccc2o1.O=C(Cc1scc(-c2ccc(OC(F)(F)F)cc2)c1C(=O)O)c1cc2ccccc2o1.OB(O)c1ccc(OC(F)(F)F)cc1. The van der Waals surface area contributed by atoms with E-state index in [1.54, 1.807) is 98.3 Å². The van der Waals surface area contributed by atoms with Crippen molar-refractivity contribution >= 4 is 125 Å². The van der Waals surface area contributed by atoms with Crippen LogP contribution in [0.15, 0.2) is 193 Å². The first-order valence-corrected chi connectivity index (χ1v) is 36.2. The minimum atomic E-state index is -6.04. The number of carboxylic acids is 1. The molecule has 112 heavy (non-hydrogen) atoms. The zero-order valence-corrected chi connectivity index (χ0v) is 61.7. The van der Waals surface area contributed by atoms with Crippen molar-refractivity contribution in [2.24, 2.45) is 0 Å². The molecule has 0 aliphatic carbocycles. The number of ether oxygens (including phenoxy) is 5. The van der Waals surface area contributed by atoms with Crippen LogP contribution in [0.25, 0.3) is 55.2 Å². The maximum atomic E-state index is 13.1. The topological polar surface area (TPSA) is 292 Å². The first-order chi connectivity index (χ1) is 52.2. The minimum absolute atomic E-state index is 0.0277. The predicted molar refractivity (Wildman–Crippen MR) is 386 cm³/mol. The zero-order valence-electron chi connectivity index (χ0n) is 58.5. The van der Waals surface area contributed by atoms with Crippen molar-refractivity contribution in [3.8, 4) is 45.3 Å². The van der Waals surface area contributed by atoms with Gasteiger partial charge in [-0.15, -0.1) is 73.5 Å². The largest absolute Gasteiger partial charge is 0.573 e. The van der Waals surface area contributed by atoms with E-state index in [0.29, 0.717) is 65.5 Å². The van der Waals surface area contributed by atoms with E-state index >= 15 is 0 Å². The fourth-order valence-corrected chi connectivity index (χ4v) is 13.7. The number of para-hydroxylation sites is 3. The Labute approximate surface area is 638 Å². The van der Waals surface area contributed by atoms with E-state index in [-0.39, 0.29) is 68.9 Å². The molecule has 0 radical (unpaired) electrons. The van der Waals surface area contributed by atoms with E-state index < -0.39 is 106 Å². The molecule has 0 atom stereocenters. The van der Waals surface area contributed by atoms with Crippen LogP contribution in [0.5, 0.6) is 23.0 Å². The highest BCUT2D eigenvalue weighted by atomic mass is 32.2. The lowest BCUT2D eigenvalue weighted by Gasteiger charge is -2.20. The molecule has 0 aliphatic rings. The monoisotopic (exact) mass is 1640 g/mol. The van der Waals surface area contributed by atoms with Gasteiger partial charge in [-0.05, 0) is 142 Å². The molecule has 6 heterocycles. The third kappa shape index (κ3) is 23.2. The van der Waals surface area contributed by atoms with Crippen molar-refractivity contribution in [3.05, 3.63) is 229 Å². The van der Waals surface area contributed by atoms with Crippen LogP contribution in [-0.4, -0.2) is 102 Å². The molecule has 0 amide bonds. The Morgan fingerprint density at radius 1 is 0.429 bits per heavy atom. The van der Waals surface area contributed by atoms with E-state index in [0.717, 1.165) is 63.9 Å². The van der Waals surface area contributed by atoms with Gasteiger partial charge in [0, 0.05) is 66.6 Å². The Hall–Kier alpha value is -11.2. The minimum Gasteiger partial charge on any atom is -0.478 e. The Balaban J connectivity index is 0.000000178. The number of rotatable bonds is 20. The summed E-state index contributed by atoms with van der Waals surface area (Å²) in [5.74, 6) is -6.04. The number of halogens is 12. The molecule has 0 aliphatic heterocycles. The summed E-state index contributed by atoms with van der Waals surface area (Å²) in [6.45, 7) is 9.72. The van der Waals surface area contributed by atoms with E-state index in [1.807, 2.05) is 18.2 Å². The summed E-state index contributed by atoms with van der Waals surface area (Å²) >= 11 is 2.98. The molecule has 0 saturated carbocycles. The summed E-state index contributed by atoms with van der Waals surface area (Å²) in [4.78, 5) is 76.8. The number of thiophene rings is 3. The third-order valence-electron chi connectivity index (χ3n) is 14.7. The Kier molecular flexibility index (Phi) is 25.9. The fourth-order valence-electron chi connectivity index (χ4n) is 10.1. The molecule has 588 valence electrons. The number of hydrogen-bond acceptors (Lipinski definition) is 22. The quantitative estimate of drug-likeness (QED) is 0.0159. The summed E-state index contributed by atoms with van der Waals surface area (Å²) in [7, 11) is -7.74. The smallest absolute Gasteiger partial charge is 0.478 e. The number of benzene rings is 6. The summed E-state index contributed by atoms with van der Waals surface area (Å²) in [6, 6.07) is 40.2. The lowest BCUT2D eigenvalue weighted by atomic mass is 9.80. The van der Waals surface area contributed by atoms with E-state index in [1.165, 1.54) is 74.6 Å². The van der Waals surface area contributed by atoms with Gasteiger partial charge < -0.3 is 56.3 Å². The van der Waals surface area contributed by atoms with Crippen molar-refractivity contribution in [2.45, 2.75) is 96.6 Å². The van der Waals surface area contributed by atoms with Gasteiger partial charge in [-0.2, -0.15) is 21.6 Å². The van der Waals surface area contributed by atoms with Gasteiger partial charge in [0.1, 0.15) is 50.8 Å². The molecular formula is C75H57BF12O20S4. The van der Waals surface area contributed by atoms with Crippen LogP contribution < -0.4 is 23.9 Å². The number of ketones is 3. The lowest BCUT2D eigenvalue weighted by molar-refractivity contribution is -0.275. The molecule has 6 aromatic carbocycles. The van der Waals surface area contributed by atoms with Gasteiger partial charge in [0.15, 0.2) is 23.0 Å². The first kappa shape index (κ1) is 84.8. The molecule has 6 aromatic heterocycles. The first-order valence-electron chi connectivity index (χ1n) is 32.2. The number of furan rings is 3. The van der Waals surface area contributed by atoms with Crippen LogP contribution in [0.4, 0.5) is 52.7 Å². The highest BCUT2D eigenvalue weighted by Crippen LogP contribution is 2.40. The molecule has 0 saturated heterocycles. The molecule has 0 unspecified atom stereocenters. The Bertz CT molecular complexity index is 5400. The lowest BCUT2D eigenvalue weighted by Crippen LogP contribution is -2.29. The molecule has 0 bridgehead atoms. The van der Waals surface area contributed by atoms with Crippen LogP contribution in [0.1, 0.15) is 119 Å². The highest BCUT2D eigenvalue weighted by molar-refractivity contribution is 7.88. The van der Waals surface area contributed by atoms with Gasteiger partial charge in [0.25, 0.3) is 0 Å². The average Bonchev–Trinajstić information content (AvgIpc) is 1.64. The van der Waals surface area contributed by atoms with Crippen LogP contribution in [-0.2, 0) is 38.9 Å². The number of fused-ring (bicyclic) bond motifs is 3. The number of carbonyl (C=O) groups is 6. The van der Waals surface area contributed by atoms with Gasteiger partial charge in [0.05, 0.1) is 11.1 Å². The average molecular weight is 1650 g/mol. The summed E-state index contributed by atoms with van der Waals surface area (Å²) < 4.78 is 214. The fraction of sp³-hybridized carbons (Fsp3) is 0.200. The van der Waals surface area contributed by atoms with Gasteiger partial charge in [-0.1, -0.05) is 91.0 Å². The predicted octanol–water partition coefficient (Wildman–Crippen LogP) is 19.0. The van der Waals surface area contributed by atoms with Crippen molar-refractivity contribution in [3.63, 3.8) is 0 Å². The van der Waals surface area contributed by atoms with Crippen LogP contribution in [0, 0.1) is 0 Å². The number of alkyl halides is 12.